The molecule has 0 heterocycles. The zero-order valence-corrected chi connectivity index (χ0v) is 8.56. The van der Waals surface area contributed by atoms with Gasteiger partial charge in [0.2, 0.25) is 0 Å². The van der Waals surface area contributed by atoms with Crippen LogP contribution in [0.2, 0.25) is 0 Å². The summed E-state index contributed by atoms with van der Waals surface area (Å²) in [5.74, 6) is 5.15. The number of rotatable bonds is 6. The standard InChI is InChI=1S/C8H18F3N3/c1-14(2)6-4-7(13-12)3-5-8(9,10)11/h7,13H,3-6,12H2,1-2H3. The van der Waals surface area contributed by atoms with E-state index in [0.717, 1.165) is 6.54 Å². The predicted molar refractivity (Wildman–Crippen MR) is 49.6 cm³/mol. The number of hydrazine groups is 1. The molecule has 1 unspecified atom stereocenters. The Hall–Kier alpha value is -0.330. The number of hydrogen-bond acceptors (Lipinski definition) is 3. The molecule has 0 fully saturated rings. The van der Waals surface area contributed by atoms with Crippen molar-refractivity contribution in [2.45, 2.75) is 31.5 Å². The molecule has 3 N–H and O–H groups in total. The largest absolute Gasteiger partial charge is 0.389 e. The van der Waals surface area contributed by atoms with E-state index in [0.29, 0.717) is 6.42 Å². The fourth-order valence-corrected chi connectivity index (χ4v) is 1.06. The molecule has 0 spiro atoms. The lowest BCUT2D eigenvalue weighted by Crippen LogP contribution is -2.38. The Bertz CT molecular complexity index is 147. The molecule has 3 nitrogen and oxygen atoms in total. The van der Waals surface area contributed by atoms with Gasteiger partial charge in [-0.1, -0.05) is 0 Å². The van der Waals surface area contributed by atoms with E-state index in [9.17, 15) is 13.2 Å². The highest BCUT2D eigenvalue weighted by molar-refractivity contribution is 4.67. The lowest BCUT2D eigenvalue weighted by Gasteiger charge is -2.18. The van der Waals surface area contributed by atoms with Crippen LogP contribution in [0.4, 0.5) is 13.2 Å². The average molecular weight is 213 g/mol. The lowest BCUT2D eigenvalue weighted by atomic mass is 10.1. The van der Waals surface area contributed by atoms with E-state index in [2.05, 4.69) is 5.43 Å². The number of hydrogen-bond donors (Lipinski definition) is 2. The van der Waals surface area contributed by atoms with Crippen molar-refractivity contribution in [3.63, 3.8) is 0 Å². The van der Waals surface area contributed by atoms with Gasteiger partial charge in [-0.3, -0.25) is 11.3 Å². The normalized spacial score (nSPS) is 14.8. The molecule has 0 radical (unpaired) electrons. The van der Waals surface area contributed by atoms with Crippen LogP contribution in [-0.4, -0.2) is 37.8 Å². The maximum Gasteiger partial charge on any atom is 0.389 e. The van der Waals surface area contributed by atoms with E-state index in [1.54, 1.807) is 0 Å². The lowest BCUT2D eigenvalue weighted by molar-refractivity contribution is -0.136. The summed E-state index contributed by atoms with van der Waals surface area (Å²) in [4.78, 5) is 1.91. The van der Waals surface area contributed by atoms with Crippen LogP contribution in [0.25, 0.3) is 0 Å². The predicted octanol–water partition coefficient (Wildman–Crippen LogP) is 1.11. The van der Waals surface area contributed by atoms with E-state index in [1.165, 1.54) is 0 Å². The van der Waals surface area contributed by atoms with Gasteiger partial charge in [-0.25, -0.2) is 0 Å². The van der Waals surface area contributed by atoms with E-state index >= 15 is 0 Å². The molecule has 86 valence electrons. The number of alkyl halides is 3. The van der Waals surface area contributed by atoms with Crippen LogP contribution in [0.15, 0.2) is 0 Å². The fraction of sp³-hybridized carbons (Fsp3) is 1.00. The molecule has 6 heteroatoms. The Kier molecular flexibility index (Phi) is 6.06. The van der Waals surface area contributed by atoms with Crippen LogP contribution >= 0.6 is 0 Å². The van der Waals surface area contributed by atoms with Crippen LogP contribution in [-0.2, 0) is 0 Å². The number of halogens is 3. The molecule has 0 bridgehead atoms. The van der Waals surface area contributed by atoms with E-state index < -0.39 is 12.6 Å². The third-order valence-electron chi connectivity index (χ3n) is 1.94. The van der Waals surface area contributed by atoms with Crippen molar-refractivity contribution < 1.29 is 13.2 Å². The summed E-state index contributed by atoms with van der Waals surface area (Å²) in [6.07, 6.45) is -4.21. The molecule has 0 aromatic rings. The van der Waals surface area contributed by atoms with Gasteiger partial charge < -0.3 is 4.90 Å². The first-order valence-corrected chi connectivity index (χ1v) is 4.53. The van der Waals surface area contributed by atoms with Gasteiger partial charge in [0, 0.05) is 12.5 Å². The van der Waals surface area contributed by atoms with Gasteiger partial charge in [-0.05, 0) is 33.5 Å². The molecule has 0 saturated heterocycles. The third kappa shape index (κ3) is 8.28. The van der Waals surface area contributed by atoms with E-state index in [1.807, 2.05) is 19.0 Å². The van der Waals surface area contributed by atoms with Crippen LogP contribution in [0.5, 0.6) is 0 Å². The van der Waals surface area contributed by atoms with Crippen molar-refractivity contribution in [3.8, 4) is 0 Å². The maximum atomic E-state index is 11.9. The molecular formula is C8H18F3N3. The number of nitrogens with two attached hydrogens (primary N) is 1. The second-order valence-electron chi connectivity index (χ2n) is 3.61. The average Bonchev–Trinajstić information content (AvgIpc) is 2.02. The number of nitrogens with zero attached hydrogens (tertiary/aromatic N) is 1. The highest BCUT2D eigenvalue weighted by Crippen LogP contribution is 2.22. The van der Waals surface area contributed by atoms with Crippen LogP contribution in [0, 0.1) is 0 Å². The molecule has 0 saturated carbocycles. The van der Waals surface area contributed by atoms with Crippen molar-refractivity contribution in [1.82, 2.24) is 10.3 Å². The first kappa shape index (κ1) is 13.7. The van der Waals surface area contributed by atoms with Crippen molar-refractivity contribution in [1.29, 1.82) is 0 Å². The smallest absolute Gasteiger partial charge is 0.309 e. The van der Waals surface area contributed by atoms with Crippen molar-refractivity contribution in [2.75, 3.05) is 20.6 Å². The van der Waals surface area contributed by atoms with Gasteiger partial charge in [0.15, 0.2) is 0 Å². The van der Waals surface area contributed by atoms with Gasteiger partial charge >= 0.3 is 6.18 Å². The molecule has 0 rings (SSSR count). The molecule has 1 atom stereocenters. The molecule has 14 heavy (non-hydrogen) atoms. The van der Waals surface area contributed by atoms with E-state index in [-0.39, 0.29) is 12.5 Å². The Labute approximate surface area is 82.4 Å². The monoisotopic (exact) mass is 213 g/mol. The zero-order valence-electron chi connectivity index (χ0n) is 8.56. The Morgan fingerprint density at radius 2 is 1.86 bits per heavy atom. The molecule has 0 aromatic carbocycles. The molecule has 0 aliphatic carbocycles. The Morgan fingerprint density at radius 1 is 1.29 bits per heavy atom. The quantitative estimate of drug-likeness (QED) is 0.513. The summed E-state index contributed by atoms with van der Waals surface area (Å²) in [5, 5.41) is 0. The van der Waals surface area contributed by atoms with Gasteiger partial charge in [-0.15, -0.1) is 0 Å². The second-order valence-corrected chi connectivity index (χ2v) is 3.61. The topological polar surface area (TPSA) is 41.3 Å². The molecule has 0 aromatic heterocycles. The Morgan fingerprint density at radius 3 is 2.21 bits per heavy atom. The molecule has 0 aliphatic rings. The highest BCUT2D eigenvalue weighted by Gasteiger charge is 2.27. The van der Waals surface area contributed by atoms with Gasteiger partial charge in [0.05, 0.1) is 0 Å². The summed E-state index contributed by atoms with van der Waals surface area (Å²) < 4.78 is 35.6. The first-order valence-electron chi connectivity index (χ1n) is 4.53. The molecule has 0 amide bonds. The first-order chi connectivity index (χ1) is 6.35. The summed E-state index contributed by atoms with van der Waals surface area (Å²) in [6, 6.07) is -0.265. The zero-order chi connectivity index (χ0) is 11.2. The number of nitrogens with one attached hydrogen (secondary N) is 1. The fourth-order valence-electron chi connectivity index (χ4n) is 1.06. The third-order valence-corrected chi connectivity index (χ3v) is 1.94. The van der Waals surface area contributed by atoms with Crippen molar-refractivity contribution in [2.24, 2.45) is 5.84 Å². The van der Waals surface area contributed by atoms with Gasteiger partial charge in [-0.2, -0.15) is 13.2 Å². The van der Waals surface area contributed by atoms with E-state index in [4.69, 9.17) is 5.84 Å². The molecule has 0 aliphatic heterocycles. The summed E-state index contributed by atoms with van der Waals surface area (Å²) in [6.45, 7) is 0.729. The molecular weight excluding hydrogens is 195 g/mol. The summed E-state index contributed by atoms with van der Waals surface area (Å²) >= 11 is 0. The minimum absolute atomic E-state index is 0.0356. The van der Waals surface area contributed by atoms with Crippen LogP contribution < -0.4 is 11.3 Å². The minimum atomic E-state index is -4.09. The van der Waals surface area contributed by atoms with Crippen LogP contribution in [0.3, 0.4) is 0 Å². The van der Waals surface area contributed by atoms with Crippen LogP contribution in [0.1, 0.15) is 19.3 Å². The van der Waals surface area contributed by atoms with Crippen molar-refractivity contribution in [3.05, 3.63) is 0 Å². The Balaban J connectivity index is 3.69. The summed E-state index contributed by atoms with van der Waals surface area (Å²) in [5.41, 5.74) is 2.40. The highest BCUT2D eigenvalue weighted by atomic mass is 19.4. The maximum absolute atomic E-state index is 11.9. The van der Waals surface area contributed by atoms with Gasteiger partial charge in [0.1, 0.15) is 0 Å². The minimum Gasteiger partial charge on any atom is -0.309 e. The van der Waals surface area contributed by atoms with Gasteiger partial charge in [0.25, 0.3) is 0 Å². The van der Waals surface area contributed by atoms with Crippen molar-refractivity contribution >= 4 is 0 Å². The summed E-state index contributed by atoms with van der Waals surface area (Å²) in [7, 11) is 3.74. The second kappa shape index (κ2) is 6.21. The SMILES string of the molecule is CN(C)CCC(CCC(F)(F)F)NN.